The lowest BCUT2D eigenvalue weighted by atomic mass is 10.2. The summed E-state index contributed by atoms with van der Waals surface area (Å²) < 4.78 is 79.9. The van der Waals surface area contributed by atoms with Crippen LogP contribution in [0.25, 0.3) is 26.4 Å². The Morgan fingerprint density at radius 1 is 0.852 bits per heavy atom. The molecular formula is C16H6ClF6N3S. The first-order valence-corrected chi connectivity index (χ1v) is 8.47. The van der Waals surface area contributed by atoms with Crippen molar-refractivity contribution < 1.29 is 26.3 Å². The van der Waals surface area contributed by atoms with E-state index in [0.29, 0.717) is 11.3 Å². The van der Waals surface area contributed by atoms with Crippen LogP contribution in [-0.2, 0) is 12.4 Å². The number of nitrogens with zero attached hydrogens (tertiary/aromatic N) is 3. The molecule has 0 N–H and O–H groups in total. The lowest BCUT2D eigenvalue weighted by Gasteiger charge is -2.08. The monoisotopic (exact) mass is 421 g/mol. The molecule has 0 fully saturated rings. The maximum atomic E-state index is 13.5. The van der Waals surface area contributed by atoms with Crippen molar-refractivity contribution in [2.24, 2.45) is 0 Å². The summed E-state index contributed by atoms with van der Waals surface area (Å²) in [5.41, 5.74) is -0.637. The molecule has 0 radical (unpaired) electrons. The van der Waals surface area contributed by atoms with Gasteiger partial charge in [0.2, 0.25) is 5.82 Å². The molecule has 11 heteroatoms. The van der Waals surface area contributed by atoms with Crippen molar-refractivity contribution in [3.8, 4) is 5.13 Å². The van der Waals surface area contributed by atoms with Gasteiger partial charge in [-0.2, -0.15) is 26.3 Å². The van der Waals surface area contributed by atoms with Crippen molar-refractivity contribution in [3.05, 3.63) is 52.8 Å². The van der Waals surface area contributed by atoms with Crippen LogP contribution < -0.4 is 0 Å². The summed E-state index contributed by atoms with van der Waals surface area (Å²) in [6.07, 6.45) is -9.35. The molecule has 27 heavy (non-hydrogen) atoms. The van der Waals surface area contributed by atoms with Crippen molar-refractivity contribution in [1.29, 1.82) is 0 Å². The van der Waals surface area contributed by atoms with Gasteiger partial charge >= 0.3 is 12.4 Å². The third kappa shape index (κ3) is 3.12. The van der Waals surface area contributed by atoms with Crippen LogP contribution in [0.5, 0.6) is 0 Å². The molecular weight excluding hydrogens is 416 g/mol. The van der Waals surface area contributed by atoms with Gasteiger partial charge in [0.15, 0.2) is 5.13 Å². The lowest BCUT2D eigenvalue weighted by Crippen LogP contribution is -2.13. The molecule has 0 saturated carbocycles. The molecule has 2 aromatic carbocycles. The quantitative estimate of drug-likeness (QED) is 0.336. The molecule has 0 aliphatic rings. The summed E-state index contributed by atoms with van der Waals surface area (Å²) in [6, 6.07) is 6.85. The maximum absolute atomic E-state index is 13.5. The van der Waals surface area contributed by atoms with Crippen LogP contribution in [0, 0.1) is 0 Å². The van der Waals surface area contributed by atoms with Gasteiger partial charge in [-0.1, -0.05) is 22.9 Å². The van der Waals surface area contributed by atoms with Gasteiger partial charge in [-0.15, -0.1) is 0 Å². The second kappa shape index (κ2) is 5.83. The van der Waals surface area contributed by atoms with E-state index in [2.05, 4.69) is 9.97 Å². The summed E-state index contributed by atoms with van der Waals surface area (Å²) in [5, 5.41) is 0.0708. The fraction of sp³-hybridized carbons (Fsp3) is 0.125. The predicted octanol–water partition coefficient (Wildman–Crippen LogP) is 6.33. The minimum atomic E-state index is -4.79. The molecule has 0 amide bonds. The average molecular weight is 422 g/mol. The Morgan fingerprint density at radius 2 is 1.59 bits per heavy atom. The van der Waals surface area contributed by atoms with Crippen LogP contribution in [0.2, 0.25) is 5.02 Å². The Morgan fingerprint density at radius 3 is 2.26 bits per heavy atom. The Bertz CT molecular complexity index is 1170. The first-order valence-electron chi connectivity index (χ1n) is 7.27. The zero-order chi connectivity index (χ0) is 19.6. The number of rotatable bonds is 1. The van der Waals surface area contributed by atoms with Gasteiger partial charge in [0.05, 0.1) is 26.8 Å². The third-order valence-corrected chi connectivity index (χ3v) is 5.00. The molecule has 0 atom stereocenters. The minimum Gasteiger partial charge on any atom is -0.264 e. The predicted molar refractivity (Wildman–Crippen MR) is 89.3 cm³/mol. The number of fused-ring (bicyclic) bond motifs is 2. The molecule has 4 rings (SSSR count). The smallest absolute Gasteiger partial charge is 0.264 e. The molecule has 0 bridgehead atoms. The van der Waals surface area contributed by atoms with E-state index in [-0.39, 0.29) is 31.4 Å². The number of hydrogen-bond donors (Lipinski definition) is 0. The summed E-state index contributed by atoms with van der Waals surface area (Å²) in [4.78, 5) is 7.65. The van der Waals surface area contributed by atoms with Crippen LogP contribution >= 0.6 is 22.9 Å². The van der Waals surface area contributed by atoms with E-state index in [4.69, 9.17) is 11.6 Å². The second-order valence-electron chi connectivity index (χ2n) is 5.58. The number of alkyl halides is 6. The number of benzene rings is 2. The van der Waals surface area contributed by atoms with Gasteiger partial charge in [-0.25, -0.2) is 9.97 Å². The highest BCUT2D eigenvalue weighted by Crippen LogP contribution is 2.38. The molecule has 0 saturated heterocycles. The minimum absolute atomic E-state index is 0.00469. The van der Waals surface area contributed by atoms with E-state index in [1.807, 2.05) is 0 Å². The second-order valence-corrected chi connectivity index (χ2v) is 7.02. The zero-order valence-corrected chi connectivity index (χ0v) is 14.4. The number of hydrogen-bond acceptors (Lipinski definition) is 3. The average Bonchev–Trinajstić information content (AvgIpc) is 3.12. The third-order valence-electron chi connectivity index (χ3n) is 3.77. The molecule has 0 aliphatic carbocycles. The number of imidazole rings is 1. The highest BCUT2D eigenvalue weighted by molar-refractivity contribution is 7.20. The van der Waals surface area contributed by atoms with Crippen molar-refractivity contribution >= 4 is 44.2 Å². The van der Waals surface area contributed by atoms with E-state index < -0.39 is 23.7 Å². The molecule has 0 spiro atoms. The maximum Gasteiger partial charge on any atom is 0.450 e. The first-order chi connectivity index (χ1) is 12.5. The summed E-state index contributed by atoms with van der Waals surface area (Å²) in [5.74, 6) is -1.23. The fourth-order valence-corrected chi connectivity index (χ4v) is 3.81. The van der Waals surface area contributed by atoms with Crippen molar-refractivity contribution in [2.45, 2.75) is 12.4 Å². The van der Waals surface area contributed by atoms with Gasteiger partial charge in [-0.05, 0) is 36.4 Å². The number of thiazole rings is 1. The van der Waals surface area contributed by atoms with Crippen LogP contribution in [0.1, 0.15) is 11.4 Å². The van der Waals surface area contributed by atoms with Crippen LogP contribution in [0.15, 0.2) is 36.4 Å². The summed E-state index contributed by atoms with van der Waals surface area (Å²) in [7, 11) is 0. The standard InChI is InChI=1S/C16H6ClF6N3S/c17-8-2-4-11-10(6-8)24-13(16(21,22)23)26(11)14-25-9-3-1-7(15(18,19)20)5-12(9)27-14/h1-6H. The molecule has 2 heterocycles. The Balaban J connectivity index is 1.98. The topological polar surface area (TPSA) is 30.7 Å². The van der Waals surface area contributed by atoms with Crippen LogP contribution in [-0.4, -0.2) is 14.5 Å². The first kappa shape index (κ1) is 18.1. The number of aromatic nitrogens is 3. The number of halogens is 7. The van der Waals surface area contributed by atoms with Crippen molar-refractivity contribution in [1.82, 2.24) is 14.5 Å². The molecule has 3 nitrogen and oxygen atoms in total. The molecule has 0 unspecified atom stereocenters. The lowest BCUT2D eigenvalue weighted by molar-refractivity contribution is -0.145. The molecule has 0 aliphatic heterocycles. The molecule has 2 aromatic heterocycles. The largest absolute Gasteiger partial charge is 0.450 e. The van der Waals surface area contributed by atoms with Crippen LogP contribution in [0.3, 0.4) is 0 Å². The van der Waals surface area contributed by atoms with E-state index >= 15 is 0 Å². The van der Waals surface area contributed by atoms with Gasteiger partial charge < -0.3 is 0 Å². The Hall–Kier alpha value is -2.33. The van der Waals surface area contributed by atoms with E-state index in [1.165, 1.54) is 18.2 Å². The highest BCUT2D eigenvalue weighted by atomic mass is 35.5. The SMILES string of the molecule is FC(F)(F)c1ccc2nc(-n3c(C(F)(F)F)nc4cc(Cl)ccc43)sc2c1. The summed E-state index contributed by atoms with van der Waals surface area (Å²) >= 11 is 6.53. The Labute approximate surface area is 155 Å². The molecule has 4 aromatic rings. The molecule has 140 valence electrons. The van der Waals surface area contributed by atoms with E-state index in [0.717, 1.165) is 22.8 Å². The van der Waals surface area contributed by atoms with E-state index in [9.17, 15) is 26.3 Å². The van der Waals surface area contributed by atoms with Gasteiger partial charge in [0.1, 0.15) is 0 Å². The van der Waals surface area contributed by atoms with Crippen molar-refractivity contribution in [2.75, 3.05) is 0 Å². The van der Waals surface area contributed by atoms with Crippen LogP contribution in [0.4, 0.5) is 26.3 Å². The van der Waals surface area contributed by atoms with Crippen molar-refractivity contribution in [3.63, 3.8) is 0 Å². The normalized spacial score (nSPS) is 13.0. The van der Waals surface area contributed by atoms with Gasteiger partial charge in [0.25, 0.3) is 0 Å². The fourth-order valence-electron chi connectivity index (χ4n) is 2.62. The summed E-state index contributed by atoms with van der Waals surface area (Å²) in [6.45, 7) is 0. The Kier molecular flexibility index (Phi) is 3.90. The van der Waals surface area contributed by atoms with E-state index in [1.54, 1.807) is 0 Å². The van der Waals surface area contributed by atoms with Gasteiger partial charge in [0, 0.05) is 5.02 Å². The van der Waals surface area contributed by atoms with Gasteiger partial charge in [-0.3, -0.25) is 4.57 Å². The zero-order valence-electron chi connectivity index (χ0n) is 12.9. The highest BCUT2D eigenvalue weighted by Gasteiger charge is 2.39.